The minimum absolute atomic E-state index is 0.00978. The van der Waals surface area contributed by atoms with E-state index in [2.05, 4.69) is 22.6 Å². The molecule has 96 valence electrons. The van der Waals surface area contributed by atoms with E-state index in [4.69, 9.17) is 0 Å². The molecule has 0 bridgehead atoms. The zero-order valence-electron chi connectivity index (χ0n) is 10.4. The van der Waals surface area contributed by atoms with Crippen LogP contribution in [0, 0.1) is 11.8 Å². The topological polar surface area (TPSA) is 61.4 Å². The Morgan fingerprint density at radius 1 is 1.47 bits per heavy atom. The van der Waals surface area contributed by atoms with Crippen molar-refractivity contribution in [3.63, 3.8) is 0 Å². The maximum absolute atomic E-state index is 11.8. The number of likely N-dealkylation sites (tertiary alicyclic amines) is 1. The standard InChI is InChI=1S/C12H21N3O2/c1-15-4-2-9(3-5-15)7-14-12(17)10-6-11(16)13-8-10/h9-10H,2-8H2,1H3,(H,13,16)(H,14,17). The van der Waals surface area contributed by atoms with Crippen LogP contribution in [-0.2, 0) is 9.59 Å². The summed E-state index contributed by atoms with van der Waals surface area (Å²) in [5.41, 5.74) is 0. The second-order valence-electron chi connectivity index (χ2n) is 5.20. The molecule has 2 saturated heterocycles. The van der Waals surface area contributed by atoms with Gasteiger partial charge in [0.25, 0.3) is 0 Å². The second kappa shape index (κ2) is 5.49. The molecule has 2 fully saturated rings. The number of hydrogen-bond donors (Lipinski definition) is 2. The molecule has 1 unspecified atom stereocenters. The molecule has 2 amide bonds. The maximum atomic E-state index is 11.8. The first-order valence-electron chi connectivity index (χ1n) is 6.38. The van der Waals surface area contributed by atoms with E-state index in [9.17, 15) is 9.59 Å². The summed E-state index contributed by atoms with van der Waals surface area (Å²) in [7, 11) is 2.13. The minimum Gasteiger partial charge on any atom is -0.356 e. The summed E-state index contributed by atoms with van der Waals surface area (Å²) >= 11 is 0. The molecule has 2 aliphatic rings. The van der Waals surface area contributed by atoms with Gasteiger partial charge in [0.05, 0.1) is 5.92 Å². The van der Waals surface area contributed by atoms with Gasteiger partial charge in [-0.1, -0.05) is 0 Å². The maximum Gasteiger partial charge on any atom is 0.225 e. The molecule has 17 heavy (non-hydrogen) atoms. The third-order valence-electron chi connectivity index (χ3n) is 3.75. The van der Waals surface area contributed by atoms with Crippen LogP contribution >= 0.6 is 0 Å². The average Bonchev–Trinajstić information content (AvgIpc) is 2.75. The van der Waals surface area contributed by atoms with E-state index in [1.807, 2.05) is 0 Å². The molecule has 0 radical (unpaired) electrons. The van der Waals surface area contributed by atoms with Crippen molar-refractivity contribution in [1.82, 2.24) is 15.5 Å². The predicted octanol–water partition coefficient (Wildman–Crippen LogP) is -0.419. The van der Waals surface area contributed by atoms with Crippen molar-refractivity contribution in [1.29, 1.82) is 0 Å². The van der Waals surface area contributed by atoms with Crippen molar-refractivity contribution in [2.75, 3.05) is 33.2 Å². The highest BCUT2D eigenvalue weighted by atomic mass is 16.2. The number of nitrogens with zero attached hydrogens (tertiary/aromatic N) is 1. The molecule has 2 aliphatic heterocycles. The molecule has 0 aromatic carbocycles. The van der Waals surface area contributed by atoms with Crippen LogP contribution in [0.3, 0.4) is 0 Å². The van der Waals surface area contributed by atoms with Crippen LogP contribution in [0.2, 0.25) is 0 Å². The average molecular weight is 239 g/mol. The van der Waals surface area contributed by atoms with E-state index >= 15 is 0 Å². The molecule has 0 spiro atoms. The molecule has 0 aromatic heterocycles. The summed E-state index contributed by atoms with van der Waals surface area (Å²) in [6, 6.07) is 0. The largest absolute Gasteiger partial charge is 0.356 e. The van der Waals surface area contributed by atoms with Gasteiger partial charge in [-0.15, -0.1) is 0 Å². The van der Waals surface area contributed by atoms with Crippen molar-refractivity contribution in [2.24, 2.45) is 11.8 Å². The number of carbonyl (C=O) groups excluding carboxylic acids is 2. The first-order valence-corrected chi connectivity index (χ1v) is 6.38. The van der Waals surface area contributed by atoms with Crippen LogP contribution < -0.4 is 10.6 Å². The number of rotatable bonds is 3. The van der Waals surface area contributed by atoms with Gasteiger partial charge in [-0.05, 0) is 38.9 Å². The van der Waals surface area contributed by atoms with Gasteiger partial charge in [-0.3, -0.25) is 9.59 Å². The van der Waals surface area contributed by atoms with Gasteiger partial charge < -0.3 is 15.5 Å². The van der Waals surface area contributed by atoms with E-state index in [1.165, 1.54) is 0 Å². The Morgan fingerprint density at radius 3 is 2.76 bits per heavy atom. The first kappa shape index (κ1) is 12.4. The van der Waals surface area contributed by atoms with Crippen LogP contribution in [-0.4, -0.2) is 49.9 Å². The molecule has 0 aromatic rings. The molecule has 1 atom stereocenters. The van der Waals surface area contributed by atoms with E-state index in [-0.39, 0.29) is 17.7 Å². The Balaban J connectivity index is 1.67. The van der Waals surface area contributed by atoms with Gasteiger partial charge in [-0.2, -0.15) is 0 Å². The summed E-state index contributed by atoms with van der Waals surface area (Å²) < 4.78 is 0. The zero-order chi connectivity index (χ0) is 12.3. The summed E-state index contributed by atoms with van der Waals surface area (Å²) in [5.74, 6) is 0.459. The Morgan fingerprint density at radius 2 is 2.18 bits per heavy atom. The summed E-state index contributed by atoms with van der Waals surface area (Å²) in [6.07, 6.45) is 2.65. The fourth-order valence-corrected chi connectivity index (χ4v) is 2.45. The smallest absolute Gasteiger partial charge is 0.225 e. The second-order valence-corrected chi connectivity index (χ2v) is 5.20. The molecule has 2 N–H and O–H groups in total. The summed E-state index contributed by atoms with van der Waals surface area (Å²) in [4.78, 5) is 25.1. The third-order valence-corrected chi connectivity index (χ3v) is 3.75. The minimum atomic E-state index is -0.159. The molecule has 5 nitrogen and oxygen atoms in total. The van der Waals surface area contributed by atoms with E-state index in [0.29, 0.717) is 18.9 Å². The van der Waals surface area contributed by atoms with Crippen LogP contribution in [0.25, 0.3) is 0 Å². The SMILES string of the molecule is CN1CCC(CNC(=O)C2CNC(=O)C2)CC1. The van der Waals surface area contributed by atoms with Crippen LogP contribution in [0.1, 0.15) is 19.3 Å². The molecule has 2 heterocycles. The number of amides is 2. The van der Waals surface area contributed by atoms with Gasteiger partial charge in [0, 0.05) is 19.5 Å². The Kier molecular flexibility index (Phi) is 3.99. The molecular weight excluding hydrogens is 218 g/mol. The van der Waals surface area contributed by atoms with Crippen molar-refractivity contribution >= 4 is 11.8 Å². The number of piperidine rings is 1. The van der Waals surface area contributed by atoms with Gasteiger partial charge in [-0.25, -0.2) is 0 Å². The van der Waals surface area contributed by atoms with Crippen molar-refractivity contribution in [2.45, 2.75) is 19.3 Å². The van der Waals surface area contributed by atoms with Crippen LogP contribution in [0.5, 0.6) is 0 Å². The van der Waals surface area contributed by atoms with Crippen molar-refractivity contribution in [3.05, 3.63) is 0 Å². The van der Waals surface area contributed by atoms with Crippen molar-refractivity contribution in [3.8, 4) is 0 Å². The molecular formula is C12H21N3O2. The Bertz CT molecular complexity index is 298. The fraction of sp³-hybridized carbons (Fsp3) is 0.833. The number of hydrogen-bond acceptors (Lipinski definition) is 3. The summed E-state index contributed by atoms with van der Waals surface area (Å²) in [5, 5.41) is 5.67. The quantitative estimate of drug-likeness (QED) is 0.703. The summed E-state index contributed by atoms with van der Waals surface area (Å²) in [6.45, 7) is 3.49. The predicted molar refractivity (Wildman–Crippen MR) is 64.3 cm³/mol. The normalized spacial score (nSPS) is 26.9. The fourth-order valence-electron chi connectivity index (χ4n) is 2.45. The number of nitrogens with one attached hydrogen (secondary N) is 2. The third kappa shape index (κ3) is 3.43. The van der Waals surface area contributed by atoms with Gasteiger partial charge >= 0.3 is 0 Å². The lowest BCUT2D eigenvalue weighted by molar-refractivity contribution is -0.126. The van der Waals surface area contributed by atoms with E-state index in [0.717, 1.165) is 32.5 Å². The van der Waals surface area contributed by atoms with Crippen LogP contribution in [0.4, 0.5) is 0 Å². The van der Waals surface area contributed by atoms with Gasteiger partial charge in [0.2, 0.25) is 11.8 Å². The lowest BCUT2D eigenvalue weighted by atomic mass is 9.97. The molecule has 5 heteroatoms. The lowest BCUT2D eigenvalue weighted by Gasteiger charge is -2.29. The Hall–Kier alpha value is -1.10. The van der Waals surface area contributed by atoms with Crippen LogP contribution in [0.15, 0.2) is 0 Å². The van der Waals surface area contributed by atoms with E-state index < -0.39 is 0 Å². The van der Waals surface area contributed by atoms with Crippen molar-refractivity contribution < 1.29 is 9.59 Å². The lowest BCUT2D eigenvalue weighted by Crippen LogP contribution is -2.39. The monoisotopic (exact) mass is 239 g/mol. The van der Waals surface area contributed by atoms with Gasteiger partial charge in [0.15, 0.2) is 0 Å². The zero-order valence-corrected chi connectivity index (χ0v) is 10.4. The Labute approximate surface area is 102 Å². The molecule has 2 rings (SSSR count). The highest BCUT2D eigenvalue weighted by Gasteiger charge is 2.28. The molecule has 0 aliphatic carbocycles. The molecule has 0 saturated carbocycles. The van der Waals surface area contributed by atoms with E-state index in [1.54, 1.807) is 0 Å². The van der Waals surface area contributed by atoms with Gasteiger partial charge in [0.1, 0.15) is 0 Å². The first-order chi connectivity index (χ1) is 8.15. The highest BCUT2D eigenvalue weighted by Crippen LogP contribution is 2.15. The highest BCUT2D eigenvalue weighted by molar-refractivity contribution is 5.89. The number of carbonyl (C=O) groups is 2.